The molecular weight excluding hydrogens is 174 g/mol. The van der Waals surface area contributed by atoms with Crippen molar-refractivity contribution in [2.45, 2.75) is 57.6 Å². The average molecular weight is 197 g/mol. The van der Waals surface area contributed by atoms with Crippen LogP contribution in [0.4, 0.5) is 0 Å². The maximum atomic E-state index is 5.95. The molecule has 2 nitrogen and oxygen atoms in total. The summed E-state index contributed by atoms with van der Waals surface area (Å²) in [6.45, 7) is 4.32. The second-order valence-electron chi connectivity index (χ2n) is 5.00. The van der Waals surface area contributed by atoms with Crippen LogP contribution in [0.1, 0.15) is 45.4 Å². The monoisotopic (exact) mass is 197 g/mol. The fourth-order valence-electron chi connectivity index (χ4n) is 2.65. The first-order chi connectivity index (χ1) is 6.84. The molecule has 2 fully saturated rings. The summed E-state index contributed by atoms with van der Waals surface area (Å²) in [5, 5.41) is 3.43. The van der Waals surface area contributed by atoms with E-state index in [9.17, 15) is 0 Å². The van der Waals surface area contributed by atoms with E-state index in [1.165, 1.54) is 38.5 Å². The zero-order valence-corrected chi connectivity index (χ0v) is 9.30. The fraction of sp³-hybridized carbons (Fsp3) is 1.00. The Morgan fingerprint density at radius 1 is 1.21 bits per heavy atom. The standard InChI is InChI=1S/C12H23NO/c1-10-7-12(8-13-10)14-9-11-5-3-2-4-6-11/h10-13H,2-9H2,1H3. The van der Waals surface area contributed by atoms with Crippen LogP contribution < -0.4 is 5.32 Å². The normalized spacial score (nSPS) is 34.9. The molecule has 1 aliphatic heterocycles. The summed E-state index contributed by atoms with van der Waals surface area (Å²) < 4.78 is 5.95. The van der Waals surface area contributed by atoms with Gasteiger partial charge in [0.1, 0.15) is 0 Å². The lowest BCUT2D eigenvalue weighted by Gasteiger charge is -2.23. The topological polar surface area (TPSA) is 21.3 Å². The first kappa shape index (κ1) is 10.4. The average Bonchev–Trinajstić information content (AvgIpc) is 2.63. The predicted octanol–water partition coefficient (Wildman–Crippen LogP) is 2.33. The first-order valence-electron chi connectivity index (χ1n) is 6.19. The van der Waals surface area contributed by atoms with Crippen molar-refractivity contribution >= 4 is 0 Å². The number of rotatable bonds is 3. The highest BCUT2D eigenvalue weighted by molar-refractivity contribution is 4.79. The molecule has 0 spiro atoms. The van der Waals surface area contributed by atoms with Crippen molar-refractivity contribution in [3.63, 3.8) is 0 Å². The van der Waals surface area contributed by atoms with Gasteiger partial charge in [0.05, 0.1) is 6.10 Å². The van der Waals surface area contributed by atoms with Gasteiger partial charge >= 0.3 is 0 Å². The van der Waals surface area contributed by atoms with Crippen LogP contribution in [0.3, 0.4) is 0 Å². The lowest BCUT2D eigenvalue weighted by Crippen LogP contribution is -2.22. The van der Waals surface area contributed by atoms with Gasteiger partial charge in [-0.3, -0.25) is 0 Å². The van der Waals surface area contributed by atoms with Gasteiger partial charge in [-0.2, -0.15) is 0 Å². The quantitative estimate of drug-likeness (QED) is 0.750. The molecule has 2 unspecified atom stereocenters. The zero-order chi connectivity index (χ0) is 9.80. The van der Waals surface area contributed by atoms with Crippen LogP contribution in [-0.2, 0) is 4.74 Å². The Balaban J connectivity index is 1.61. The van der Waals surface area contributed by atoms with Gasteiger partial charge in [-0.05, 0) is 32.1 Å². The molecule has 1 heterocycles. The molecule has 1 aliphatic carbocycles. The van der Waals surface area contributed by atoms with Crippen molar-refractivity contribution in [1.29, 1.82) is 0 Å². The third-order valence-electron chi connectivity index (χ3n) is 3.60. The van der Waals surface area contributed by atoms with Crippen LogP contribution in [0.25, 0.3) is 0 Å². The third kappa shape index (κ3) is 2.96. The summed E-state index contributed by atoms with van der Waals surface area (Å²) >= 11 is 0. The maximum absolute atomic E-state index is 5.95. The van der Waals surface area contributed by atoms with Crippen LogP contribution in [0, 0.1) is 5.92 Å². The molecule has 0 aromatic rings. The second-order valence-corrected chi connectivity index (χ2v) is 5.00. The molecule has 0 amide bonds. The minimum Gasteiger partial charge on any atom is -0.377 e. The summed E-state index contributed by atoms with van der Waals surface area (Å²) in [5.41, 5.74) is 0. The molecule has 2 heteroatoms. The van der Waals surface area contributed by atoms with E-state index in [0.29, 0.717) is 12.1 Å². The molecule has 0 aromatic carbocycles. The minimum absolute atomic E-state index is 0.493. The maximum Gasteiger partial charge on any atom is 0.0714 e. The number of hydrogen-bond acceptors (Lipinski definition) is 2. The Morgan fingerprint density at radius 3 is 2.64 bits per heavy atom. The second kappa shape index (κ2) is 5.13. The smallest absolute Gasteiger partial charge is 0.0714 e. The van der Waals surface area contributed by atoms with Gasteiger partial charge in [0.15, 0.2) is 0 Å². The molecule has 0 bridgehead atoms. The predicted molar refractivity (Wildman–Crippen MR) is 58.4 cm³/mol. The molecule has 2 rings (SSSR count). The van der Waals surface area contributed by atoms with Gasteiger partial charge in [-0.1, -0.05) is 19.3 Å². The van der Waals surface area contributed by atoms with Gasteiger partial charge < -0.3 is 10.1 Å². The zero-order valence-electron chi connectivity index (χ0n) is 9.30. The lowest BCUT2D eigenvalue weighted by molar-refractivity contribution is 0.0310. The fourth-order valence-corrected chi connectivity index (χ4v) is 2.65. The van der Waals surface area contributed by atoms with E-state index in [4.69, 9.17) is 4.74 Å². The van der Waals surface area contributed by atoms with Crippen molar-refractivity contribution in [2.75, 3.05) is 13.2 Å². The van der Waals surface area contributed by atoms with E-state index in [2.05, 4.69) is 12.2 Å². The van der Waals surface area contributed by atoms with E-state index in [1.54, 1.807) is 0 Å². The number of nitrogens with one attached hydrogen (secondary N) is 1. The molecule has 0 aromatic heterocycles. The molecule has 1 saturated carbocycles. The van der Waals surface area contributed by atoms with Gasteiger partial charge in [0, 0.05) is 19.2 Å². The van der Waals surface area contributed by atoms with Crippen molar-refractivity contribution in [3.8, 4) is 0 Å². The number of hydrogen-bond donors (Lipinski definition) is 1. The molecule has 1 N–H and O–H groups in total. The molecule has 1 saturated heterocycles. The third-order valence-corrected chi connectivity index (χ3v) is 3.60. The van der Waals surface area contributed by atoms with Gasteiger partial charge in [-0.25, -0.2) is 0 Å². The molecule has 2 atom stereocenters. The SMILES string of the molecule is CC1CC(OCC2CCCCC2)CN1. The highest BCUT2D eigenvalue weighted by Gasteiger charge is 2.22. The summed E-state index contributed by atoms with van der Waals surface area (Å²) in [6, 6.07) is 0.659. The molecule has 0 radical (unpaired) electrons. The van der Waals surface area contributed by atoms with E-state index in [0.717, 1.165) is 19.1 Å². The van der Waals surface area contributed by atoms with E-state index < -0.39 is 0 Å². The van der Waals surface area contributed by atoms with Crippen LogP contribution >= 0.6 is 0 Å². The van der Waals surface area contributed by atoms with Gasteiger partial charge in [0.2, 0.25) is 0 Å². The Hall–Kier alpha value is -0.0800. The summed E-state index contributed by atoms with van der Waals surface area (Å²) in [5.74, 6) is 0.861. The summed E-state index contributed by atoms with van der Waals surface area (Å²) in [4.78, 5) is 0. The van der Waals surface area contributed by atoms with Crippen LogP contribution in [0.5, 0.6) is 0 Å². The van der Waals surface area contributed by atoms with Gasteiger partial charge in [-0.15, -0.1) is 0 Å². The number of ether oxygens (including phenoxy) is 1. The van der Waals surface area contributed by atoms with E-state index in [-0.39, 0.29) is 0 Å². The largest absolute Gasteiger partial charge is 0.377 e. The van der Waals surface area contributed by atoms with Crippen molar-refractivity contribution < 1.29 is 4.74 Å². The Kier molecular flexibility index (Phi) is 3.82. The van der Waals surface area contributed by atoms with Crippen molar-refractivity contribution in [3.05, 3.63) is 0 Å². The Morgan fingerprint density at radius 2 is 2.00 bits per heavy atom. The van der Waals surface area contributed by atoms with Crippen LogP contribution in [-0.4, -0.2) is 25.3 Å². The molecule has 82 valence electrons. The lowest BCUT2D eigenvalue weighted by atomic mass is 9.90. The Labute approximate surface area is 87.4 Å². The highest BCUT2D eigenvalue weighted by atomic mass is 16.5. The summed E-state index contributed by atoms with van der Waals surface area (Å²) in [7, 11) is 0. The molecule has 2 aliphatic rings. The van der Waals surface area contributed by atoms with Crippen molar-refractivity contribution in [2.24, 2.45) is 5.92 Å². The Bertz CT molecular complexity index is 161. The van der Waals surface area contributed by atoms with E-state index >= 15 is 0 Å². The van der Waals surface area contributed by atoms with Crippen LogP contribution in [0.15, 0.2) is 0 Å². The van der Waals surface area contributed by atoms with Gasteiger partial charge in [0.25, 0.3) is 0 Å². The van der Waals surface area contributed by atoms with Crippen LogP contribution in [0.2, 0.25) is 0 Å². The summed E-state index contributed by atoms with van der Waals surface area (Å²) in [6.07, 6.45) is 8.78. The first-order valence-corrected chi connectivity index (χ1v) is 6.19. The molecule has 14 heavy (non-hydrogen) atoms. The van der Waals surface area contributed by atoms with Crippen molar-refractivity contribution in [1.82, 2.24) is 5.32 Å². The minimum atomic E-state index is 0.493. The molecular formula is C12H23NO. The van der Waals surface area contributed by atoms with E-state index in [1.807, 2.05) is 0 Å². The highest BCUT2D eigenvalue weighted by Crippen LogP contribution is 2.24.